The number of aryl methyl sites for hydroxylation is 1. The Balaban J connectivity index is 1.33. The smallest absolute Gasteiger partial charge is 0.255 e. The van der Waals surface area contributed by atoms with Crippen LogP contribution in [-0.4, -0.2) is 56.7 Å². The van der Waals surface area contributed by atoms with Crippen molar-refractivity contribution in [3.05, 3.63) is 48.0 Å². The number of piperidine rings is 1. The van der Waals surface area contributed by atoms with Gasteiger partial charge in [-0.15, -0.1) is 0 Å². The summed E-state index contributed by atoms with van der Waals surface area (Å²) in [4.78, 5) is 21.2. The number of nitrogens with zero attached hydrogens (tertiary/aromatic N) is 5. The third-order valence-electron chi connectivity index (χ3n) is 5.72. The first kappa shape index (κ1) is 16.3. The number of amides is 1. The van der Waals surface area contributed by atoms with Gasteiger partial charge < -0.3 is 4.90 Å². The standard InChI is InChI=1S/C19H25N5O/c1-22-13-16(11-21-22)14-23-8-4-19(5-9-23)6-10-24(15-19)18(25)17-3-2-7-20-12-17/h2-3,7,11-13H,4-6,8-10,14-15H2,1H3. The first-order valence-corrected chi connectivity index (χ1v) is 9.03. The van der Waals surface area contributed by atoms with Crippen LogP contribution in [0.3, 0.4) is 0 Å². The molecule has 0 aromatic carbocycles. The van der Waals surface area contributed by atoms with Crippen molar-refractivity contribution in [3.63, 3.8) is 0 Å². The molecule has 1 spiro atoms. The molecule has 0 saturated carbocycles. The van der Waals surface area contributed by atoms with Crippen LogP contribution in [0.4, 0.5) is 0 Å². The molecule has 0 aliphatic carbocycles. The van der Waals surface area contributed by atoms with Crippen molar-refractivity contribution in [1.82, 2.24) is 24.6 Å². The molecule has 6 nitrogen and oxygen atoms in total. The number of aromatic nitrogens is 3. The average molecular weight is 339 g/mol. The Bertz CT molecular complexity index is 733. The lowest BCUT2D eigenvalue weighted by Gasteiger charge is -2.39. The van der Waals surface area contributed by atoms with E-state index in [2.05, 4.69) is 21.2 Å². The zero-order chi connectivity index (χ0) is 17.3. The van der Waals surface area contributed by atoms with Crippen LogP contribution in [0.1, 0.15) is 35.2 Å². The Morgan fingerprint density at radius 1 is 1.20 bits per heavy atom. The summed E-state index contributed by atoms with van der Waals surface area (Å²) in [5.74, 6) is 0.128. The van der Waals surface area contributed by atoms with Crippen LogP contribution in [0.15, 0.2) is 36.9 Å². The van der Waals surface area contributed by atoms with E-state index >= 15 is 0 Å². The van der Waals surface area contributed by atoms with E-state index < -0.39 is 0 Å². The van der Waals surface area contributed by atoms with Crippen LogP contribution in [0.2, 0.25) is 0 Å². The number of rotatable bonds is 3. The minimum atomic E-state index is 0.128. The summed E-state index contributed by atoms with van der Waals surface area (Å²) in [5, 5.41) is 4.25. The molecule has 1 amide bonds. The number of hydrogen-bond donors (Lipinski definition) is 0. The van der Waals surface area contributed by atoms with Crippen molar-refractivity contribution in [2.24, 2.45) is 12.5 Å². The quantitative estimate of drug-likeness (QED) is 0.858. The third-order valence-corrected chi connectivity index (χ3v) is 5.72. The molecule has 132 valence electrons. The predicted molar refractivity (Wildman–Crippen MR) is 94.9 cm³/mol. The van der Waals surface area contributed by atoms with Crippen LogP contribution in [0.5, 0.6) is 0 Å². The van der Waals surface area contributed by atoms with Gasteiger partial charge in [0.15, 0.2) is 0 Å². The van der Waals surface area contributed by atoms with Gasteiger partial charge in [0.2, 0.25) is 0 Å². The molecule has 2 aliphatic rings. The minimum Gasteiger partial charge on any atom is -0.338 e. The van der Waals surface area contributed by atoms with Crippen LogP contribution >= 0.6 is 0 Å². The topological polar surface area (TPSA) is 54.3 Å². The molecule has 6 heteroatoms. The summed E-state index contributed by atoms with van der Waals surface area (Å²) in [7, 11) is 1.96. The van der Waals surface area contributed by atoms with Crippen molar-refractivity contribution in [2.45, 2.75) is 25.8 Å². The highest BCUT2D eigenvalue weighted by Crippen LogP contribution is 2.41. The number of pyridine rings is 1. The lowest BCUT2D eigenvalue weighted by molar-refractivity contribution is 0.0713. The van der Waals surface area contributed by atoms with E-state index in [4.69, 9.17) is 0 Å². The maximum atomic E-state index is 12.6. The molecule has 2 aromatic heterocycles. The molecule has 25 heavy (non-hydrogen) atoms. The van der Waals surface area contributed by atoms with E-state index in [0.29, 0.717) is 11.0 Å². The average Bonchev–Trinajstić information content (AvgIpc) is 3.24. The SMILES string of the molecule is Cn1cc(CN2CCC3(CC2)CCN(C(=O)c2cccnc2)C3)cn1. The molecule has 0 atom stereocenters. The van der Waals surface area contributed by atoms with Crippen molar-refractivity contribution in [1.29, 1.82) is 0 Å². The van der Waals surface area contributed by atoms with Gasteiger partial charge in [-0.1, -0.05) is 0 Å². The summed E-state index contributed by atoms with van der Waals surface area (Å²) < 4.78 is 1.86. The molecule has 0 unspecified atom stereocenters. The lowest BCUT2D eigenvalue weighted by Crippen LogP contribution is -2.41. The Hall–Kier alpha value is -2.21. The number of carbonyl (C=O) groups excluding carboxylic acids is 1. The highest BCUT2D eigenvalue weighted by molar-refractivity contribution is 5.94. The van der Waals surface area contributed by atoms with Gasteiger partial charge in [0, 0.05) is 50.8 Å². The second-order valence-electron chi connectivity index (χ2n) is 7.52. The summed E-state index contributed by atoms with van der Waals surface area (Å²) in [6.45, 7) is 4.94. The van der Waals surface area contributed by atoms with Crippen LogP contribution in [0, 0.1) is 5.41 Å². The van der Waals surface area contributed by atoms with Gasteiger partial charge in [-0.3, -0.25) is 19.4 Å². The second-order valence-corrected chi connectivity index (χ2v) is 7.52. The largest absolute Gasteiger partial charge is 0.338 e. The molecular formula is C19H25N5O. The molecule has 0 radical (unpaired) electrons. The second kappa shape index (κ2) is 6.59. The van der Waals surface area contributed by atoms with E-state index in [9.17, 15) is 4.79 Å². The molecule has 2 aliphatic heterocycles. The fourth-order valence-corrected chi connectivity index (χ4v) is 4.19. The van der Waals surface area contributed by atoms with Crippen molar-refractivity contribution in [3.8, 4) is 0 Å². The van der Waals surface area contributed by atoms with E-state index in [-0.39, 0.29) is 5.91 Å². The Morgan fingerprint density at radius 2 is 2.00 bits per heavy atom. The molecule has 2 fully saturated rings. The first-order valence-electron chi connectivity index (χ1n) is 9.03. The predicted octanol–water partition coefficient (Wildman–Crippen LogP) is 1.94. The molecule has 4 rings (SSSR count). The van der Waals surface area contributed by atoms with Crippen LogP contribution in [-0.2, 0) is 13.6 Å². The van der Waals surface area contributed by atoms with Gasteiger partial charge in [-0.25, -0.2) is 0 Å². The number of likely N-dealkylation sites (tertiary alicyclic amines) is 2. The lowest BCUT2D eigenvalue weighted by atomic mass is 9.77. The molecule has 0 N–H and O–H groups in total. The van der Waals surface area contributed by atoms with Gasteiger partial charge in [0.1, 0.15) is 0 Å². The third kappa shape index (κ3) is 3.44. The van der Waals surface area contributed by atoms with Gasteiger partial charge in [0.25, 0.3) is 5.91 Å². The number of hydrogen-bond acceptors (Lipinski definition) is 4. The van der Waals surface area contributed by atoms with Gasteiger partial charge >= 0.3 is 0 Å². The van der Waals surface area contributed by atoms with Gasteiger partial charge in [-0.05, 0) is 49.9 Å². The summed E-state index contributed by atoms with van der Waals surface area (Å²) in [6.07, 6.45) is 10.9. The van der Waals surface area contributed by atoms with Crippen LogP contribution in [0.25, 0.3) is 0 Å². The summed E-state index contributed by atoms with van der Waals surface area (Å²) in [6, 6.07) is 3.69. The fraction of sp³-hybridized carbons (Fsp3) is 0.526. The van der Waals surface area contributed by atoms with Crippen molar-refractivity contribution in [2.75, 3.05) is 26.2 Å². The molecule has 2 aromatic rings. The first-order chi connectivity index (χ1) is 12.1. The molecule has 2 saturated heterocycles. The Labute approximate surface area is 148 Å². The van der Waals surface area contributed by atoms with Gasteiger partial charge in [-0.2, -0.15) is 5.10 Å². The van der Waals surface area contributed by atoms with E-state index in [1.165, 1.54) is 18.4 Å². The number of carbonyl (C=O) groups is 1. The maximum absolute atomic E-state index is 12.6. The Kier molecular flexibility index (Phi) is 4.29. The maximum Gasteiger partial charge on any atom is 0.255 e. The normalized spacial score (nSPS) is 20.3. The van der Waals surface area contributed by atoms with Crippen molar-refractivity contribution >= 4 is 5.91 Å². The van der Waals surface area contributed by atoms with Crippen molar-refractivity contribution < 1.29 is 4.79 Å². The zero-order valence-corrected chi connectivity index (χ0v) is 14.8. The zero-order valence-electron chi connectivity index (χ0n) is 14.8. The summed E-state index contributed by atoms with van der Waals surface area (Å²) in [5.41, 5.74) is 2.29. The van der Waals surface area contributed by atoms with E-state index in [0.717, 1.165) is 39.1 Å². The minimum absolute atomic E-state index is 0.128. The van der Waals surface area contributed by atoms with E-state index in [1.54, 1.807) is 12.4 Å². The highest BCUT2D eigenvalue weighted by atomic mass is 16.2. The highest BCUT2D eigenvalue weighted by Gasteiger charge is 2.42. The fourth-order valence-electron chi connectivity index (χ4n) is 4.19. The monoisotopic (exact) mass is 339 g/mol. The molecule has 0 bridgehead atoms. The molecular weight excluding hydrogens is 314 g/mol. The van der Waals surface area contributed by atoms with Crippen LogP contribution < -0.4 is 0 Å². The van der Waals surface area contributed by atoms with E-state index in [1.807, 2.05) is 35.0 Å². The Morgan fingerprint density at radius 3 is 2.68 bits per heavy atom. The van der Waals surface area contributed by atoms with Gasteiger partial charge in [0.05, 0.1) is 11.8 Å². The molecule has 4 heterocycles. The summed E-state index contributed by atoms with van der Waals surface area (Å²) >= 11 is 0.